The molecule has 1 unspecified atom stereocenters. The van der Waals surface area contributed by atoms with Crippen LogP contribution in [0.3, 0.4) is 0 Å². The molecule has 0 aliphatic carbocycles. The second-order valence-corrected chi connectivity index (χ2v) is 4.26. The van der Waals surface area contributed by atoms with Gasteiger partial charge < -0.3 is 4.52 Å². The van der Waals surface area contributed by atoms with Gasteiger partial charge in [0.2, 0.25) is 5.89 Å². The second kappa shape index (κ2) is 4.75. The SMILES string of the molecule is CCC1CCCCN1Cc1nc(C)no1. The zero-order valence-corrected chi connectivity index (χ0v) is 9.57. The lowest BCUT2D eigenvalue weighted by atomic mass is 10.0. The number of hydrogen-bond donors (Lipinski definition) is 0. The Labute approximate surface area is 90.7 Å². The fraction of sp³-hybridized carbons (Fsp3) is 0.818. The molecule has 0 spiro atoms. The van der Waals surface area contributed by atoms with Gasteiger partial charge in [-0.2, -0.15) is 4.98 Å². The van der Waals surface area contributed by atoms with Crippen molar-refractivity contribution < 1.29 is 4.52 Å². The molecule has 1 fully saturated rings. The molecule has 1 aromatic rings. The topological polar surface area (TPSA) is 42.2 Å². The largest absolute Gasteiger partial charge is 0.338 e. The molecule has 0 saturated carbocycles. The summed E-state index contributed by atoms with van der Waals surface area (Å²) in [5.74, 6) is 1.49. The molecule has 1 aromatic heterocycles. The smallest absolute Gasteiger partial charge is 0.240 e. The minimum absolute atomic E-state index is 0.700. The van der Waals surface area contributed by atoms with Crippen molar-refractivity contribution in [3.05, 3.63) is 11.7 Å². The molecule has 4 heteroatoms. The molecule has 1 aliphatic rings. The van der Waals surface area contributed by atoms with E-state index in [9.17, 15) is 0 Å². The summed E-state index contributed by atoms with van der Waals surface area (Å²) < 4.78 is 5.16. The summed E-state index contributed by atoms with van der Waals surface area (Å²) in [6, 6.07) is 0.700. The van der Waals surface area contributed by atoms with Gasteiger partial charge in [0.1, 0.15) is 0 Å². The first-order chi connectivity index (χ1) is 7.29. The van der Waals surface area contributed by atoms with Crippen molar-refractivity contribution in [1.29, 1.82) is 0 Å². The van der Waals surface area contributed by atoms with Crippen molar-refractivity contribution in [3.63, 3.8) is 0 Å². The van der Waals surface area contributed by atoms with Crippen LogP contribution in [0.1, 0.15) is 44.3 Å². The third-order valence-corrected chi connectivity index (χ3v) is 3.13. The van der Waals surface area contributed by atoms with Crippen LogP contribution in [0.2, 0.25) is 0 Å². The van der Waals surface area contributed by atoms with Crippen LogP contribution in [0.25, 0.3) is 0 Å². The van der Waals surface area contributed by atoms with Crippen molar-refractivity contribution in [3.8, 4) is 0 Å². The molecule has 0 radical (unpaired) electrons. The van der Waals surface area contributed by atoms with Crippen LogP contribution in [-0.2, 0) is 6.54 Å². The van der Waals surface area contributed by atoms with E-state index in [1.54, 1.807) is 0 Å². The maximum absolute atomic E-state index is 5.16. The Morgan fingerprint density at radius 2 is 2.33 bits per heavy atom. The normalized spacial score (nSPS) is 23.2. The van der Waals surface area contributed by atoms with Gasteiger partial charge in [0.25, 0.3) is 0 Å². The zero-order valence-electron chi connectivity index (χ0n) is 9.57. The highest BCUT2D eigenvalue weighted by molar-refractivity contribution is 4.85. The van der Waals surface area contributed by atoms with Crippen LogP contribution < -0.4 is 0 Å². The highest BCUT2D eigenvalue weighted by Crippen LogP contribution is 2.21. The molecule has 4 nitrogen and oxygen atoms in total. The molecule has 2 heterocycles. The van der Waals surface area contributed by atoms with Gasteiger partial charge in [-0.15, -0.1) is 0 Å². The van der Waals surface area contributed by atoms with Crippen LogP contribution in [0, 0.1) is 6.92 Å². The number of hydrogen-bond acceptors (Lipinski definition) is 4. The summed E-state index contributed by atoms with van der Waals surface area (Å²) in [4.78, 5) is 6.72. The van der Waals surface area contributed by atoms with E-state index in [0.717, 1.165) is 18.3 Å². The summed E-state index contributed by atoms with van der Waals surface area (Å²) in [6.07, 6.45) is 5.18. The maximum Gasteiger partial charge on any atom is 0.240 e. The molecule has 0 amide bonds. The number of piperidine rings is 1. The summed E-state index contributed by atoms with van der Waals surface area (Å²) in [5.41, 5.74) is 0. The van der Waals surface area contributed by atoms with E-state index in [1.165, 1.54) is 32.2 Å². The van der Waals surface area contributed by atoms with Gasteiger partial charge in [0, 0.05) is 6.04 Å². The Morgan fingerprint density at radius 1 is 1.47 bits per heavy atom. The number of nitrogens with zero attached hydrogens (tertiary/aromatic N) is 3. The minimum atomic E-state index is 0.700. The highest BCUT2D eigenvalue weighted by atomic mass is 16.5. The lowest BCUT2D eigenvalue weighted by molar-refractivity contribution is 0.120. The molecule has 0 bridgehead atoms. The van der Waals surface area contributed by atoms with Crippen molar-refractivity contribution >= 4 is 0 Å². The molecular formula is C11H19N3O. The van der Waals surface area contributed by atoms with E-state index in [2.05, 4.69) is 22.0 Å². The Hall–Kier alpha value is -0.900. The zero-order chi connectivity index (χ0) is 10.7. The fourth-order valence-corrected chi connectivity index (χ4v) is 2.31. The summed E-state index contributed by atoms with van der Waals surface area (Å²) in [7, 11) is 0. The second-order valence-electron chi connectivity index (χ2n) is 4.26. The Morgan fingerprint density at radius 3 is 3.00 bits per heavy atom. The molecule has 15 heavy (non-hydrogen) atoms. The lowest BCUT2D eigenvalue weighted by Crippen LogP contribution is -2.38. The Bertz CT molecular complexity index is 311. The van der Waals surface area contributed by atoms with Gasteiger partial charge in [-0.25, -0.2) is 0 Å². The molecule has 84 valence electrons. The summed E-state index contributed by atoms with van der Waals surface area (Å²) in [6.45, 7) is 6.10. The van der Waals surface area contributed by atoms with Crippen molar-refractivity contribution in [2.45, 2.75) is 52.1 Å². The Kier molecular flexibility index (Phi) is 3.36. The summed E-state index contributed by atoms with van der Waals surface area (Å²) in [5, 5.41) is 3.82. The van der Waals surface area contributed by atoms with Crippen LogP contribution in [0.4, 0.5) is 0 Å². The van der Waals surface area contributed by atoms with Crippen molar-refractivity contribution in [2.75, 3.05) is 6.54 Å². The van der Waals surface area contributed by atoms with Crippen molar-refractivity contribution in [1.82, 2.24) is 15.0 Å². The van der Waals surface area contributed by atoms with E-state index < -0.39 is 0 Å². The van der Waals surface area contributed by atoms with Gasteiger partial charge in [0.15, 0.2) is 5.82 Å². The number of aryl methyl sites for hydroxylation is 1. The summed E-state index contributed by atoms with van der Waals surface area (Å²) >= 11 is 0. The van der Waals surface area contributed by atoms with Crippen molar-refractivity contribution in [2.24, 2.45) is 0 Å². The number of likely N-dealkylation sites (tertiary alicyclic amines) is 1. The third kappa shape index (κ3) is 2.56. The van der Waals surface area contributed by atoms with E-state index in [-0.39, 0.29) is 0 Å². The van der Waals surface area contributed by atoms with E-state index in [0.29, 0.717) is 6.04 Å². The van der Waals surface area contributed by atoms with Gasteiger partial charge in [-0.1, -0.05) is 18.5 Å². The van der Waals surface area contributed by atoms with Gasteiger partial charge in [-0.05, 0) is 32.7 Å². The highest BCUT2D eigenvalue weighted by Gasteiger charge is 2.22. The first kappa shape index (κ1) is 10.6. The Balaban J connectivity index is 1.97. The lowest BCUT2D eigenvalue weighted by Gasteiger charge is -2.33. The molecule has 0 aromatic carbocycles. The molecule has 1 saturated heterocycles. The van der Waals surface area contributed by atoms with Crippen LogP contribution >= 0.6 is 0 Å². The molecule has 2 rings (SSSR count). The van der Waals surface area contributed by atoms with E-state index >= 15 is 0 Å². The quantitative estimate of drug-likeness (QED) is 0.765. The molecule has 1 aliphatic heterocycles. The third-order valence-electron chi connectivity index (χ3n) is 3.13. The predicted octanol–water partition coefficient (Wildman–Crippen LogP) is 2.14. The first-order valence-electron chi connectivity index (χ1n) is 5.83. The number of aromatic nitrogens is 2. The van der Waals surface area contributed by atoms with Gasteiger partial charge in [0.05, 0.1) is 6.54 Å². The van der Waals surface area contributed by atoms with Gasteiger partial charge >= 0.3 is 0 Å². The molecule has 1 atom stereocenters. The van der Waals surface area contributed by atoms with Crippen LogP contribution in [0.5, 0.6) is 0 Å². The predicted molar refractivity (Wildman–Crippen MR) is 57.4 cm³/mol. The first-order valence-corrected chi connectivity index (χ1v) is 5.83. The maximum atomic E-state index is 5.16. The fourth-order valence-electron chi connectivity index (χ4n) is 2.31. The molecule has 0 N–H and O–H groups in total. The average Bonchev–Trinajstić information content (AvgIpc) is 2.65. The van der Waals surface area contributed by atoms with E-state index in [4.69, 9.17) is 4.52 Å². The van der Waals surface area contributed by atoms with E-state index in [1.807, 2.05) is 6.92 Å². The van der Waals surface area contributed by atoms with Crippen LogP contribution in [0.15, 0.2) is 4.52 Å². The minimum Gasteiger partial charge on any atom is -0.338 e. The monoisotopic (exact) mass is 209 g/mol. The standard InChI is InChI=1S/C11H19N3O/c1-3-10-6-4-5-7-14(10)8-11-12-9(2)13-15-11/h10H,3-8H2,1-2H3. The van der Waals surface area contributed by atoms with Gasteiger partial charge in [-0.3, -0.25) is 4.90 Å². The molecular weight excluding hydrogens is 190 g/mol. The van der Waals surface area contributed by atoms with Crippen LogP contribution in [-0.4, -0.2) is 27.6 Å². The number of rotatable bonds is 3. The average molecular weight is 209 g/mol.